The number of aromatic nitrogens is 1. The van der Waals surface area contributed by atoms with Crippen LogP contribution in [0.15, 0.2) is 255 Å². The van der Waals surface area contributed by atoms with Crippen molar-refractivity contribution in [1.29, 1.82) is 0 Å². The van der Waals surface area contributed by atoms with Crippen LogP contribution >= 0.6 is 0 Å². The molecule has 13 aromatic rings. The van der Waals surface area contributed by atoms with Crippen LogP contribution in [0.1, 0.15) is 22.3 Å². The molecule has 15 rings (SSSR count). The van der Waals surface area contributed by atoms with E-state index in [9.17, 15) is 0 Å². The van der Waals surface area contributed by atoms with Crippen molar-refractivity contribution in [3.8, 4) is 39.1 Å². The molecule has 0 saturated carbocycles. The summed E-state index contributed by atoms with van der Waals surface area (Å²) in [5, 5.41) is 10.1. The first-order chi connectivity index (χ1) is 34.2. The molecule has 1 heterocycles. The minimum Gasteiger partial charge on any atom is -0.310 e. The average Bonchev–Trinajstić information content (AvgIpc) is 4.03. The van der Waals surface area contributed by atoms with Crippen LogP contribution in [0.5, 0.6) is 0 Å². The lowest BCUT2D eigenvalue weighted by molar-refractivity contribution is 0.794. The summed E-state index contributed by atoms with van der Waals surface area (Å²) in [7, 11) is 0. The van der Waals surface area contributed by atoms with Crippen molar-refractivity contribution >= 4 is 71.2 Å². The zero-order chi connectivity index (χ0) is 45.2. The Bertz CT molecular complexity index is 4170. The van der Waals surface area contributed by atoms with Gasteiger partial charge in [0.15, 0.2) is 0 Å². The molecule has 0 amide bonds. The Balaban J connectivity index is 0.927. The molecule has 0 aliphatic heterocycles. The summed E-state index contributed by atoms with van der Waals surface area (Å²) in [5.41, 5.74) is 19.5. The van der Waals surface area contributed by atoms with E-state index >= 15 is 0 Å². The molecule has 320 valence electrons. The van der Waals surface area contributed by atoms with E-state index in [0.717, 1.165) is 17.1 Å². The molecule has 2 heteroatoms. The predicted octanol–water partition coefficient (Wildman–Crippen LogP) is 17.7. The first-order valence-electron chi connectivity index (χ1n) is 24.0. The van der Waals surface area contributed by atoms with E-state index in [4.69, 9.17) is 0 Å². The fourth-order valence-corrected chi connectivity index (χ4v) is 12.5. The molecule has 1 spiro atoms. The summed E-state index contributed by atoms with van der Waals surface area (Å²) in [4.78, 5) is 2.47. The van der Waals surface area contributed by atoms with Crippen LogP contribution in [-0.4, -0.2) is 4.57 Å². The van der Waals surface area contributed by atoms with Crippen molar-refractivity contribution < 1.29 is 0 Å². The van der Waals surface area contributed by atoms with Crippen molar-refractivity contribution in [1.82, 2.24) is 4.57 Å². The van der Waals surface area contributed by atoms with Gasteiger partial charge in [-0.1, -0.05) is 188 Å². The van der Waals surface area contributed by atoms with Crippen LogP contribution in [0.25, 0.3) is 93.2 Å². The highest BCUT2D eigenvalue weighted by atomic mass is 15.1. The fraction of sp³-hybridized carbons (Fsp3) is 0.0149. The number of hydrogen-bond donors (Lipinski definition) is 0. The van der Waals surface area contributed by atoms with Gasteiger partial charge in [-0.25, -0.2) is 0 Å². The lowest BCUT2D eigenvalue weighted by atomic mass is 9.70. The minimum absolute atomic E-state index is 0.401. The Morgan fingerprint density at radius 1 is 0.261 bits per heavy atom. The molecule has 0 radical (unpaired) electrons. The molecule has 2 aliphatic rings. The highest BCUT2D eigenvalue weighted by Crippen LogP contribution is 2.63. The van der Waals surface area contributed by atoms with E-state index in [0.29, 0.717) is 0 Å². The third kappa shape index (κ3) is 5.31. The summed E-state index contributed by atoms with van der Waals surface area (Å²) >= 11 is 0. The highest BCUT2D eigenvalue weighted by Gasteiger charge is 2.51. The molecular weight excluding hydrogens is 833 g/mol. The van der Waals surface area contributed by atoms with Gasteiger partial charge < -0.3 is 9.47 Å². The minimum atomic E-state index is -0.401. The maximum atomic E-state index is 2.47. The standard InChI is InChI=1S/C67H42N2/c1-2-16-45(17-3-1)69-65-29-15-11-25-57(65)60-40-44(32-39-66(60)69)43-30-33-46(34-31-43)68(47-35-37-53-51-20-5-4-18-49(51)50-19-6-7-21-52(50)58(53)41-47)48-36-38-64-59(42-48)56-24-10-14-28-63(56)67(64)61-26-12-8-22-54(61)55-23-9-13-27-62(55)67/h1-42H. The maximum absolute atomic E-state index is 2.47. The maximum Gasteiger partial charge on any atom is 0.0725 e. The van der Waals surface area contributed by atoms with Crippen LogP contribution in [0.3, 0.4) is 0 Å². The lowest BCUT2D eigenvalue weighted by Crippen LogP contribution is -2.25. The number of nitrogens with zero attached hydrogens (tertiary/aromatic N) is 2. The van der Waals surface area contributed by atoms with Crippen LogP contribution in [0.4, 0.5) is 17.1 Å². The van der Waals surface area contributed by atoms with Crippen LogP contribution in [0.2, 0.25) is 0 Å². The van der Waals surface area contributed by atoms with E-state index in [2.05, 4.69) is 264 Å². The molecule has 69 heavy (non-hydrogen) atoms. The van der Waals surface area contributed by atoms with Crippen LogP contribution in [0, 0.1) is 0 Å². The molecule has 0 saturated heterocycles. The second kappa shape index (κ2) is 14.5. The summed E-state index contributed by atoms with van der Waals surface area (Å²) < 4.78 is 2.38. The van der Waals surface area contributed by atoms with Gasteiger partial charge in [0.05, 0.1) is 16.4 Å². The Kier molecular flexibility index (Phi) is 8.02. The average molecular weight is 875 g/mol. The third-order valence-corrected chi connectivity index (χ3v) is 15.4. The van der Waals surface area contributed by atoms with Crippen LogP contribution in [-0.2, 0) is 5.41 Å². The number of benzene rings is 12. The van der Waals surface area contributed by atoms with Crippen LogP contribution < -0.4 is 4.90 Å². The van der Waals surface area contributed by atoms with Crippen molar-refractivity contribution in [2.75, 3.05) is 4.90 Å². The Morgan fingerprint density at radius 2 is 0.710 bits per heavy atom. The van der Waals surface area contributed by atoms with Gasteiger partial charge in [0.1, 0.15) is 0 Å². The molecular formula is C67H42N2. The summed E-state index contributed by atoms with van der Waals surface area (Å²) in [6.07, 6.45) is 0. The van der Waals surface area contributed by atoms with Crippen molar-refractivity contribution in [3.05, 3.63) is 277 Å². The first-order valence-corrected chi connectivity index (χ1v) is 24.0. The number of fused-ring (bicyclic) bond motifs is 19. The molecule has 0 unspecified atom stereocenters. The van der Waals surface area contributed by atoms with Gasteiger partial charge in [-0.05, 0) is 155 Å². The normalized spacial score (nSPS) is 13.0. The molecule has 0 fully saturated rings. The van der Waals surface area contributed by atoms with Gasteiger partial charge in [-0.3, -0.25) is 0 Å². The zero-order valence-corrected chi connectivity index (χ0v) is 37.6. The first kappa shape index (κ1) is 38.2. The molecule has 2 aliphatic carbocycles. The quantitative estimate of drug-likeness (QED) is 0.156. The monoisotopic (exact) mass is 874 g/mol. The Labute approximate surface area is 400 Å². The molecule has 12 aromatic carbocycles. The predicted molar refractivity (Wildman–Crippen MR) is 290 cm³/mol. The molecule has 0 bridgehead atoms. The Hall–Kier alpha value is -8.98. The smallest absolute Gasteiger partial charge is 0.0725 e. The number of para-hydroxylation sites is 2. The van der Waals surface area contributed by atoms with E-state index < -0.39 is 5.41 Å². The lowest BCUT2D eigenvalue weighted by Gasteiger charge is -2.31. The van der Waals surface area contributed by atoms with Gasteiger partial charge in [0.2, 0.25) is 0 Å². The summed E-state index contributed by atoms with van der Waals surface area (Å²) in [6.45, 7) is 0. The van der Waals surface area contributed by atoms with E-state index in [1.807, 2.05) is 0 Å². The van der Waals surface area contributed by atoms with Gasteiger partial charge in [-0.2, -0.15) is 0 Å². The zero-order valence-electron chi connectivity index (χ0n) is 37.6. The van der Waals surface area contributed by atoms with Gasteiger partial charge in [0, 0.05) is 33.5 Å². The Morgan fingerprint density at radius 3 is 1.36 bits per heavy atom. The molecule has 2 nitrogen and oxygen atoms in total. The highest BCUT2D eigenvalue weighted by molar-refractivity contribution is 6.26. The fourth-order valence-electron chi connectivity index (χ4n) is 12.5. The second-order valence-corrected chi connectivity index (χ2v) is 18.7. The third-order valence-electron chi connectivity index (χ3n) is 15.4. The molecule has 1 aromatic heterocycles. The second-order valence-electron chi connectivity index (χ2n) is 18.7. The number of rotatable bonds is 5. The van der Waals surface area contributed by atoms with Crippen molar-refractivity contribution in [2.24, 2.45) is 0 Å². The summed E-state index contributed by atoms with van der Waals surface area (Å²) in [6, 6.07) is 94.8. The van der Waals surface area contributed by atoms with Crippen molar-refractivity contribution in [2.45, 2.75) is 5.41 Å². The van der Waals surface area contributed by atoms with Gasteiger partial charge in [-0.15, -0.1) is 0 Å². The number of hydrogen-bond acceptors (Lipinski definition) is 1. The summed E-state index contributed by atoms with van der Waals surface area (Å²) in [5.74, 6) is 0. The molecule has 0 atom stereocenters. The SMILES string of the molecule is c1ccc(-n2c3ccccc3c3cc(-c4ccc(N(c5ccc6c(c5)-c5ccccc5C65c6ccccc6-c6ccccc65)c5ccc6c7ccccc7c7ccccc7c6c5)cc4)ccc32)cc1. The van der Waals surface area contributed by atoms with Crippen molar-refractivity contribution in [3.63, 3.8) is 0 Å². The van der Waals surface area contributed by atoms with Gasteiger partial charge in [0.25, 0.3) is 0 Å². The van der Waals surface area contributed by atoms with E-state index in [-0.39, 0.29) is 0 Å². The van der Waals surface area contributed by atoms with E-state index in [1.165, 1.54) is 115 Å². The van der Waals surface area contributed by atoms with E-state index in [1.54, 1.807) is 0 Å². The van der Waals surface area contributed by atoms with Gasteiger partial charge >= 0.3 is 0 Å². The molecule has 0 N–H and O–H groups in total. The largest absolute Gasteiger partial charge is 0.310 e. The topological polar surface area (TPSA) is 8.17 Å². The number of anilines is 3.